The molecule has 1 atom stereocenters. The van der Waals surface area contributed by atoms with Gasteiger partial charge >= 0.3 is 0 Å². The smallest absolute Gasteiger partial charge is 0.119 e. The second kappa shape index (κ2) is 10.3. The van der Waals surface area contributed by atoms with Crippen LogP contribution in [-0.4, -0.2) is 25.4 Å². The normalized spacial score (nSPS) is 11.6. The van der Waals surface area contributed by atoms with E-state index in [4.69, 9.17) is 14.6 Å². The molecule has 21 heavy (non-hydrogen) atoms. The van der Waals surface area contributed by atoms with Crippen molar-refractivity contribution in [3.8, 4) is 17.6 Å². The van der Waals surface area contributed by atoms with Crippen LogP contribution in [-0.2, 0) is 11.3 Å². The van der Waals surface area contributed by atoms with Gasteiger partial charge in [-0.2, -0.15) is 0 Å². The third kappa shape index (κ3) is 6.66. The summed E-state index contributed by atoms with van der Waals surface area (Å²) in [5.41, 5.74) is 1.97. The summed E-state index contributed by atoms with van der Waals surface area (Å²) < 4.78 is 11.1. The third-order valence-electron chi connectivity index (χ3n) is 3.21. The monoisotopic (exact) mass is 290 g/mol. The van der Waals surface area contributed by atoms with Crippen LogP contribution in [0.3, 0.4) is 0 Å². The number of benzene rings is 1. The van der Waals surface area contributed by atoms with Gasteiger partial charge in [0, 0.05) is 18.6 Å². The second-order valence-electron chi connectivity index (χ2n) is 5.21. The quantitative estimate of drug-likeness (QED) is 0.746. The molecule has 0 aliphatic heterocycles. The van der Waals surface area contributed by atoms with Crippen LogP contribution in [0, 0.1) is 17.8 Å². The summed E-state index contributed by atoms with van der Waals surface area (Å²) in [4.78, 5) is 0. The molecule has 1 unspecified atom stereocenters. The number of hydrogen-bond acceptors (Lipinski definition) is 3. The molecule has 1 aromatic carbocycles. The van der Waals surface area contributed by atoms with Gasteiger partial charge in [-0.15, -0.1) is 0 Å². The molecule has 0 aromatic heterocycles. The van der Waals surface area contributed by atoms with Crippen LogP contribution in [0.4, 0.5) is 0 Å². The van der Waals surface area contributed by atoms with Gasteiger partial charge in [-0.3, -0.25) is 0 Å². The molecule has 1 aromatic rings. The Morgan fingerprint density at radius 3 is 2.81 bits per heavy atom. The molecule has 0 bridgehead atoms. The fourth-order valence-electron chi connectivity index (χ4n) is 2.10. The summed E-state index contributed by atoms with van der Waals surface area (Å²) in [5.74, 6) is 7.42. The van der Waals surface area contributed by atoms with Crippen molar-refractivity contribution < 1.29 is 14.6 Å². The van der Waals surface area contributed by atoms with Crippen molar-refractivity contribution in [2.45, 2.75) is 39.7 Å². The van der Waals surface area contributed by atoms with Gasteiger partial charge in [-0.05, 0) is 36.1 Å². The van der Waals surface area contributed by atoms with E-state index in [9.17, 15) is 0 Å². The molecule has 1 N–H and O–H groups in total. The third-order valence-corrected chi connectivity index (χ3v) is 3.21. The topological polar surface area (TPSA) is 38.7 Å². The fraction of sp³-hybridized carbons (Fsp3) is 0.556. The van der Waals surface area contributed by atoms with Gasteiger partial charge < -0.3 is 14.6 Å². The maximum absolute atomic E-state index is 8.80. The predicted molar refractivity (Wildman–Crippen MR) is 85.3 cm³/mol. The van der Waals surface area contributed by atoms with Gasteiger partial charge in [0.2, 0.25) is 0 Å². The molecule has 0 aliphatic rings. The first-order valence-corrected chi connectivity index (χ1v) is 7.55. The van der Waals surface area contributed by atoms with Crippen LogP contribution in [0.5, 0.6) is 5.75 Å². The molecule has 0 amide bonds. The highest BCUT2D eigenvalue weighted by Crippen LogP contribution is 2.18. The van der Waals surface area contributed by atoms with E-state index in [0.717, 1.165) is 23.5 Å². The van der Waals surface area contributed by atoms with Gasteiger partial charge in [0.05, 0.1) is 20.3 Å². The fourth-order valence-corrected chi connectivity index (χ4v) is 2.10. The van der Waals surface area contributed by atoms with Crippen molar-refractivity contribution in [3.63, 3.8) is 0 Å². The molecule has 0 aliphatic carbocycles. The largest absolute Gasteiger partial charge is 0.497 e. The Morgan fingerprint density at radius 2 is 2.14 bits per heavy atom. The van der Waals surface area contributed by atoms with E-state index in [2.05, 4.69) is 25.7 Å². The predicted octanol–water partition coefficient (Wildman–Crippen LogP) is 3.38. The molecule has 0 radical (unpaired) electrons. The standard InChI is InChI=1S/C18H26O3/c1-4-7-15(2)13-21-14-17-12-18(20-3)10-9-16(17)8-5-6-11-19/h9-10,12,15,19H,4,6-7,11,13-14H2,1-3H3. The maximum Gasteiger partial charge on any atom is 0.119 e. The lowest BCUT2D eigenvalue weighted by atomic mass is 10.1. The summed E-state index contributed by atoms with van der Waals surface area (Å²) in [6, 6.07) is 5.80. The molecule has 0 spiro atoms. The number of aliphatic hydroxyl groups excluding tert-OH is 1. The highest BCUT2D eigenvalue weighted by molar-refractivity contribution is 5.45. The Kier molecular flexibility index (Phi) is 8.57. The lowest BCUT2D eigenvalue weighted by molar-refractivity contribution is 0.0891. The van der Waals surface area contributed by atoms with E-state index in [-0.39, 0.29) is 6.61 Å². The van der Waals surface area contributed by atoms with Gasteiger partial charge in [0.15, 0.2) is 0 Å². The van der Waals surface area contributed by atoms with Gasteiger partial charge in [-0.1, -0.05) is 32.1 Å². The molecule has 116 valence electrons. The summed E-state index contributed by atoms with van der Waals surface area (Å²) in [5, 5.41) is 8.80. The first-order valence-electron chi connectivity index (χ1n) is 7.55. The van der Waals surface area contributed by atoms with Gasteiger partial charge in [0.1, 0.15) is 5.75 Å². The molecule has 0 heterocycles. The average molecular weight is 290 g/mol. The maximum atomic E-state index is 8.80. The Hall–Kier alpha value is -1.50. The zero-order chi connectivity index (χ0) is 15.5. The van der Waals surface area contributed by atoms with Crippen LogP contribution < -0.4 is 4.74 Å². The number of hydrogen-bond donors (Lipinski definition) is 1. The summed E-state index contributed by atoms with van der Waals surface area (Å²) in [6.07, 6.45) is 2.85. The number of methoxy groups -OCH3 is 1. The summed E-state index contributed by atoms with van der Waals surface area (Å²) in [7, 11) is 1.65. The number of rotatable bonds is 8. The van der Waals surface area contributed by atoms with Crippen molar-refractivity contribution in [2.75, 3.05) is 20.3 Å². The molecule has 1 rings (SSSR count). The second-order valence-corrected chi connectivity index (χ2v) is 5.21. The first kappa shape index (κ1) is 17.6. The first-order chi connectivity index (χ1) is 10.2. The zero-order valence-electron chi connectivity index (χ0n) is 13.3. The lowest BCUT2D eigenvalue weighted by Gasteiger charge is -2.12. The van der Waals surface area contributed by atoms with Crippen molar-refractivity contribution >= 4 is 0 Å². The minimum atomic E-state index is 0.0868. The number of ether oxygens (including phenoxy) is 2. The van der Waals surface area contributed by atoms with E-state index >= 15 is 0 Å². The molecular formula is C18H26O3. The summed E-state index contributed by atoms with van der Waals surface area (Å²) >= 11 is 0. The molecule has 3 heteroatoms. The Balaban J connectivity index is 2.70. The van der Waals surface area contributed by atoms with Crippen LogP contribution >= 0.6 is 0 Å². The molecule has 3 nitrogen and oxygen atoms in total. The highest BCUT2D eigenvalue weighted by Gasteiger charge is 2.05. The summed E-state index contributed by atoms with van der Waals surface area (Å²) in [6.45, 7) is 5.77. The molecular weight excluding hydrogens is 264 g/mol. The Morgan fingerprint density at radius 1 is 1.33 bits per heavy atom. The van der Waals surface area contributed by atoms with Gasteiger partial charge in [-0.25, -0.2) is 0 Å². The van der Waals surface area contributed by atoms with Crippen LogP contribution in [0.2, 0.25) is 0 Å². The van der Waals surface area contributed by atoms with Crippen LogP contribution in [0.15, 0.2) is 18.2 Å². The van der Waals surface area contributed by atoms with E-state index < -0.39 is 0 Å². The van der Waals surface area contributed by atoms with E-state index in [1.807, 2.05) is 18.2 Å². The average Bonchev–Trinajstić information content (AvgIpc) is 2.49. The van der Waals surface area contributed by atoms with Crippen molar-refractivity contribution in [2.24, 2.45) is 5.92 Å². The van der Waals surface area contributed by atoms with Crippen LogP contribution in [0.25, 0.3) is 0 Å². The molecule has 0 fully saturated rings. The van der Waals surface area contributed by atoms with Crippen molar-refractivity contribution in [1.82, 2.24) is 0 Å². The molecule has 0 saturated heterocycles. The Bertz CT molecular complexity index is 471. The zero-order valence-corrected chi connectivity index (χ0v) is 13.3. The minimum absolute atomic E-state index is 0.0868. The lowest BCUT2D eigenvalue weighted by Crippen LogP contribution is -2.06. The van der Waals surface area contributed by atoms with E-state index in [1.165, 1.54) is 12.8 Å². The van der Waals surface area contributed by atoms with E-state index in [1.54, 1.807) is 7.11 Å². The van der Waals surface area contributed by atoms with Crippen LogP contribution in [0.1, 0.15) is 44.2 Å². The highest BCUT2D eigenvalue weighted by atomic mass is 16.5. The Labute approximate surface area is 128 Å². The van der Waals surface area contributed by atoms with E-state index in [0.29, 0.717) is 18.9 Å². The van der Waals surface area contributed by atoms with Crippen molar-refractivity contribution in [1.29, 1.82) is 0 Å². The molecule has 0 saturated carbocycles. The SMILES string of the molecule is CCCC(C)COCc1cc(OC)ccc1C#CCCO. The minimum Gasteiger partial charge on any atom is -0.497 e. The number of aliphatic hydroxyl groups is 1. The van der Waals surface area contributed by atoms with Crippen molar-refractivity contribution in [3.05, 3.63) is 29.3 Å². The van der Waals surface area contributed by atoms with Gasteiger partial charge in [0.25, 0.3) is 0 Å².